The molecule has 1 saturated heterocycles. The molecule has 1 aliphatic rings. The Kier molecular flexibility index (Phi) is 6.15. The molecule has 1 N–H and O–H groups in total. The maximum Gasteiger partial charge on any atom is 0.236 e. The van der Waals surface area contributed by atoms with Gasteiger partial charge in [0.15, 0.2) is 16.1 Å². The van der Waals surface area contributed by atoms with Crippen LogP contribution >= 0.6 is 23.1 Å². The van der Waals surface area contributed by atoms with Crippen molar-refractivity contribution in [2.24, 2.45) is 0 Å². The molecule has 10 heteroatoms. The second-order valence-electron chi connectivity index (χ2n) is 7.52. The van der Waals surface area contributed by atoms with Crippen LogP contribution in [0, 0.1) is 5.82 Å². The van der Waals surface area contributed by atoms with Crippen molar-refractivity contribution in [2.75, 3.05) is 24.2 Å². The molecule has 164 valence electrons. The lowest BCUT2D eigenvalue weighted by Crippen LogP contribution is -2.21. The van der Waals surface area contributed by atoms with Crippen molar-refractivity contribution in [1.82, 2.24) is 24.6 Å². The van der Waals surface area contributed by atoms with E-state index in [-0.39, 0.29) is 17.5 Å². The third-order valence-electron chi connectivity index (χ3n) is 5.21. The number of rotatable bonds is 7. The number of carbonyl (C=O) groups excluding carboxylic acids is 1. The summed E-state index contributed by atoms with van der Waals surface area (Å²) in [6.07, 6.45) is 2.42. The van der Waals surface area contributed by atoms with Crippen molar-refractivity contribution in [3.63, 3.8) is 0 Å². The number of amides is 1. The molecule has 1 amide bonds. The van der Waals surface area contributed by atoms with Crippen LogP contribution in [0.3, 0.4) is 0 Å². The van der Waals surface area contributed by atoms with Gasteiger partial charge in [-0.3, -0.25) is 14.3 Å². The van der Waals surface area contributed by atoms with Crippen LogP contribution < -0.4 is 5.32 Å². The first-order valence-corrected chi connectivity index (χ1v) is 12.2. The van der Waals surface area contributed by atoms with Crippen LogP contribution in [-0.2, 0) is 11.3 Å². The summed E-state index contributed by atoms with van der Waals surface area (Å²) in [7, 11) is 0. The molecular weight excluding hydrogens is 447 g/mol. The number of halogens is 1. The van der Waals surface area contributed by atoms with Gasteiger partial charge in [0, 0.05) is 5.69 Å². The highest BCUT2D eigenvalue weighted by Crippen LogP contribution is 2.27. The molecule has 0 bridgehead atoms. The standard InChI is InChI=1S/C22H21FN6OS2/c23-15-8-9-17-18(12-15)32-21(24-17)25-20(30)14-31-22-27-26-19(13-28-10-4-5-11-28)29(22)16-6-2-1-3-7-16/h1-3,6-9,12H,4-5,10-11,13-14H2,(H,24,25,30). The van der Waals surface area contributed by atoms with Gasteiger partial charge >= 0.3 is 0 Å². The van der Waals surface area contributed by atoms with E-state index in [4.69, 9.17) is 0 Å². The zero-order valence-corrected chi connectivity index (χ0v) is 18.8. The number of likely N-dealkylation sites (tertiary alicyclic amines) is 1. The number of carbonyl (C=O) groups is 1. The second kappa shape index (κ2) is 9.35. The molecule has 0 radical (unpaired) electrons. The Morgan fingerprint density at radius 3 is 2.75 bits per heavy atom. The van der Waals surface area contributed by atoms with Gasteiger partial charge in [-0.1, -0.05) is 41.3 Å². The largest absolute Gasteiger partial charge is 0.301 e. The van der Waals surface area contributed by atoms with Crippen molar-refractivity contribution < 1.29 is 9.18 Å². The molecular formula is C22H21FN6OS2. The van der Waals surface area contributed by atoms with E-state index in [2.05, 4.69) is 25.4 Å². The highest BCUT2D eigenvalue weighted by atomic mass is 32.2. The molecule has 0 aliphatic carbocycles. The van der Waals surface area contributed by atoms with Crippen LogP contribution in [0.25, 0.3) is 15.9 Å². The molecule has 2 aromatic carbocycles. The summed E-state index contributed by atoms with van der Waals surface area (Å²) < 4.78 is 16.1. The van der Waals surface area contributed by atoms with E-state index in [0.717, 1.165) is 31.1 Å². The summed E-state index contributed by atoms with van der Waals surface area (Å²) in [5.41, 5.74) is 1.64. The van der Waals surface area contributed by atoms with Gasteiger partial charge in [0.1, 0.15) is 5.82 Å². The smallest absolute Gasteiger partial charge is 0.236 e. The van der Waals surface area contributed by atoms with Gasteiger partial charge in [0.2, 0.25) is 5.91 Å². The number of nitrogens with zero attached hydrogens (tertiary/aromatic N) is 5. The first-order valence-electron chi connectivity index (χ1n) is 10.4. The van der Waals surface area contributed by atoms with Crippen LogP contribution in [0.4, 0.5) is 9.52 Å². The van der Waals surface area contributed by atoms with Gasteiger partial charge in [-0.05, 0) is 56.3 Å². The highest BCUT2D eigenvalue weighted by molar-refractivity contribution is 7.99. The van der Waals surface area contributed by atoms with Crippen LogP contribution in [0.5, 0.6) is 0 Å². The van der Waals surface area contributed by atoms with E-state index in [1.807, 2.05) is 34.9 Å². The van der Waals surface area contributed by atoms with Crippen molar-refractivity contribution in [3.8, 4) is 5.69 Å². The van der Waals surface area contributed by atoms with Crippen molar-refractivity contribution in [3.05, 3.63) is 60.2 Å². The molecule has 1 aliphatic heterocycles. The fourth-order valence-electron chi connectivity index (χ4n) is 3.71. The molecule has 0 spiro atoms. The average Bonchev–Trinajstić information content (AvgIpc) is 3.53. The topological polar surface area (TPSA) is 75.9 Å². The van der Waals surface area contributed by atoms with Crippen LogP contribution in [-0.4, -0.2) is 49.4 Å². The minimum absolute atomic E-state index is 0.166. The lowest BCUT2D eigenvalue weighted by molar-refractivity contribution is -0.113. The Hall–Kier alpha value is -2.82. The molecule has 3 heterocycles. The summed E-state index contributed by atoms with van der Waals surface area (Å²) in [6.45, 7) is 2.87. The highest BCUT2D eigenvalue weighted by Gasteiger charge is 2.20. The number of anilines is 1. The second-order valence-corrected chi connectivity index (χ2v) is 9.49. The Labute approximate surface area is 192 Å². The fraction of sp³-hybridized carbons (Fsp3) is 0.273. The maximum absolute atomic E-state index is 13.4. The molecule has 0 unspecified atom stereocenters. The van der Waals surface area contributed by atoms with Crippen molar-refractivity contribution in [1.29, 1.82) is 0 Å². The first-order chi connectivity index (χ1) is 15.7. The third-order valence-corrected chi connectivity index (χ3v) is 7.07. The normalized spacial score (nSPS) is 14.3. The molecule has 0 atom stereocenters. The fourth-order valence-corrected chi connectivity index (χ4v) is 5.39. The molecule has 4 aromatic rings. The van der Waals surface area contributed by atoms with Gasteiger partial charge in [-0.25, -0.2) is 9.37 Å². The third kappa shape index (κ3) is 4.67. The molecule has 32 heavy (non-hydrogen) atoms. The SMILES string of the molecule is O=C(CSc1nnc(CN2CCCC2)n1-c1ccccc1)Nc1nc2ccc(F)cc2s1. The molecule has 7 nitrogen and oxygen atoms in total. The Morgan fingerprint density at radius 1 is 1.12 bits per heavy atom. The molecule has 0 saturated carbocycles. The number of fused-ring (bicyclic) bond motifs is 1. The van der Waals surface area contributed by atoms with Crippen molar-refractivity contribution >= 4 is 44.4 Å². The van der Waals surface area contributed by atoms with Gasteiger partial charge in [0.25, 0.3) is 0 Å². The minimum atomic E-state index is -0.320. The number of thioether (sulfide) groups is 1. The van der Waals surface area contributed by atoms with E-state index < -0.39 is 0 Å². The number of thiazole rings is 1. The molecule has 2 aromatic heterocycles. The van der Waals surface area contributed by atoms with Crippen LogP contribution in [0.15, 0.2) is 53.7 Å². The lowest BCUT2D eigenvalue weighted by Gasteiger charge is -2.15. The minimum Gasteiger partial charge on any atom is -0.301 e. The predicted octanol–water partition coefficient (Wildman–Crippen LogP) is 4.34. The van der Waals surface area contributed by atoms with Crippen LogP contribution in [0.2, 0.25) is 0 Å². The number of para-hydroxylation sites is 1. The zero-order chi connectivity index (χ0) is 21.9. The van der Waals surface area contributed by atoms with E-state index in [9.17, 15) is 9.18 Å². The average molecular weight is 469 g/mol. The number of hydrogen-bond acceptors (Lipinski definition) is 7. The van der Waals surface area contributed by atoms with Gasteiger partial charge in [0.05, 0.1) is 22.5 Å². The lowest BCUT2D eigenvalue weighted by atomic mass is 10.3. The van der Waals surface area contributed by atoms with E-state index >= 15 is 0 Å². The Balaban J connectivity index is 1.30. The monoisotopic (exact) mass is 468 g/mol. The number of nitrogens with one attached hydrogen (secondary N) is 1. The summed E-state index contributed by atoms with van der Waals surface area (Å²) in [5.74, 6) is 0.519. The predicted molar refractivity (Wildman–Crippen MR) is 125 cm³/mol. The van der Waals surface area contributed by atoms with Gasteiger partial charge in [-0.2, -0.15) is 0 Å². The zero-order valence-electron chi connectivity index (χ0n) is 17.2. The van der Waals surface area contributed by atoms with Gasteiger partial charge in [-0.15, -0.1) is 10.2 Å². The summed E-state index contributed by atoms with van der Waals surface area (Å²) in [5, 5.41) is 12.7. The maximum atomic E-state index is 13.4. The van der Waals surface area contributed by atoms with Gasteiger partial charge < -0.3 is 5.32 Å². The quantitative estimate of drug-likeness (QED) is 0.407. The first kappa shape index (κ1) is 21.0. The number of hydrogen-bond donors (Lipinski definition) is 1. The van der Waals surface area contributed by atoms with E-state index in [0.29, 0.717) is 20.5 Å². The van der Waals surface area contributed by atoms with Crippen LogP contribution in [0.1, 0.15) is 18.7 Å². The van der Waals surface area contributed by atoms with E-state index in [1.165, 1.54) is 48.1 Å². The Morgan fingerprint density at radius 2 is 1.94 bits per heavy atom. The Bertz CT molecular complexity index is 1240. The van der Waals surface area contributed by atoms with Crippen molar-refractivity contribution in [2.45, 2.75) is 24.5 Å². The van der Waals surface area contributed by atoms with E-state index in [1.54, 1.807) is 6.07 Å². The summed E-state index contributed by atoms with van der Waals surface area (Å²) in [6, 6.07) is 14.3. The molecule has 1 fully saturated rings. The molecule has 5 rings (SSSR count). The summed E-state index contributed by atoms with van der Waals surface area (Å²) in [4.78, 5) is 19.3. The summed E-state index contributed by atoms with van der Waals surface area (Å²) >= 11 is 2.59. The number of benzene rings is 2. The number of aromatic nitrogens is 4.